The summed E-state index contributed by atoms with van der Waals surface area (Å²) in [5.74, 6) is -1.47. The molecule has 3 aromatic rings. The minimum Gasteiger partial charge on any atom is -0.481 e. The van der Waals surface area contributed by atoms with E-state index in [0.717, 1.165) is 11.0 Å². The number of halogens is 9. The number of nitrogens with zero attached hydrogens (tertiary/aromatic N) is 5. The summed E-state index contributed by atoms with van der Waals surface area (Å²) in [6.45, 7) is 2.32. The van der Waals surface area contributed by atoms with E-state index in [-0.39, 0.29) is 60.7 Å². The van der Waals surface area contributed by atoms with E-state index in [4.69, 9.17) is 14.6 Å². The molecule has 11 nitrogen and oxygen atoms in total. The molecule has 52 heavy (non-hydrogen) atoms. The Labute approximate surface area is 289 Å². The summed E-state index contributed by atoms with van der Waals surface area (Å²) in [5, 5.41) is 11.8. The van der Waals surface area contributed by atoms with Crippen molar-refractivity contribution in [3.05, 3.63) is 70.3 Å². The molecule has 0 radical (unpaired) electrons. The van der Waals surface area contributed by atoms with Crippen LogP contribution in [0.3, 0.4) is 0 Å². The Balaban J connectivity index is 1.55. The summed E-state index contributed by atoms with van der Waals surface area (Å²) >= 11 is 0. The Hall–Kier alpha value is -4.88. The van der Waals surface area contributed by atoms with E-state index in [1.165, 1.54) is 6.20 Å². The fourth-order valence-electron chi connectivity index (χ4n) is 5.94. The van der Waals surface area contributed by atoms with Gasteiger partial charge >= 0.3 is 30.6 Å². The predicted octanol–water partition coefficient (Wildman–Crippen LogP) is 7.11. The number of pyridine rings is 1. The van der Waals surface area contributed by atoms with Gasteiger partial charge in [-0.05, 0) is 48.7 Å². The van der Waals surface area contributed by atoms with Crippen molar-refractivity contribution in [2.75, 3.05) is 48.0 Å². The quantitative estimate of drug-likeness (QED) is 0.219. The van der Waals surface area contributed by atoms with Crippen molar-refractivity contribution in [3.63, 3.8) is 0 Å². The lowest BCUT2D eigenvalue weighted by Crippen LogP contribution is -2.46. The van der Waals surface area contributed by atoms with Crippen molar-refractivity contribution in [2.45, 2.75) is 63.2 Å². The van der Waals surface area contributed by atoms with Gasteiger partial charge in [-0.25, -0.2) is 19.7 Å². The molecule has 1 amide bonds. The molecule has 5 rings (SSSR count). The van der Waals surface area contributed by atoms with Gasteiger partial charge in [-0.15, -0.1) is 0 Å². The number of nitrogens with one attached hydrogen (secondary N) is 1. The van der Waals surface area contributed by atoms with E-state index < -0.39 is 78.9 Å². The van der Waals surface area contributed by atoms with E-state index >= 15 is 0 Å². The molecular formula is C32H31F9N6O5. The normalized spacial score (nSPS) is 18.2. The number of carbonyl (C=O) groups is 2. The summed E-state index contributed by atoms with van der Waals surface area (Å²) in [5.41, 5.74) is -4.69. The molecule has 2 aromatic heterocycles. The maximum Gasteiger partial charge on any atom is 0.433 e. The Morgan fingerprint density at radius 2 is 1.60 bits per heavy atom. The maximum atomic E-state index is 13.8. The monoisotopic (exact) mass is 750 g/mol. The van der Waals surface area contributed by atoms with Crippen LogP contribution in [0.1, 0.15) is 66.0 Å². The van der Waals surface area contributed by atoms with Gasteiger partial charge < -0.3 is 24.8 Å². The summed E-state index contributed by atoms with van der Waals surface area (Å²) in [4.78, 5) is 39.4. The van der Waals surface area contributed by atoms with Gasteiger partial charge in [0.1, 0.15) is 12.3 Å². The molecule has 1 saturated heterocycles. The van der Waals surface area contributed by atoms with Crippen molar-refractivity contribution in [3.8, 4) is 0 Å². The summed E-state index contributed by atoms with van der Waals surface area (Å²) in [6.07, 6.45) is -15.6. The smallest absolute Gasteiger partial charge is 0.433 e. The van der Waals surface area contributed by atoms with Crippen LogP contribution in [0.15, 0.2) is 36.5 Å². The zero-order valence-corrected chi connectivity index (χ0v) is 27.2. The Morgan fingerprint density at radius 3 is 2.17 bits per heavy atom. The highest BCUT2D eigenvalue weighted by molar-refractivity contribution is 5.90. The highest BCUT2D eigenvalue weighted by atomic mass is 19.4. The van der Waals surface area contributed by atoms with Crippen LogP contribution in [0.4, 0.5) is 61.6 Å². The second kappa shape index (κ2) is 15.0. The molecule has 2 atom stereocenters. The van der Waals surface area contributed by atoms with Crippen molar-refractivity contribution < 1.29 is 63.7 Å². The lowest BCUT2D eigenvalue weighted by Gasteiger charge is -2.39. The van der Waals surface area contributed by atoms with Crippen molar-refractivity contribution >= 4 is 29.4 Å². The van der Waals surface area contributed by atoms with Crippen LogP contribution < -0.4 is 15.1 Å². The molecule has 2 aliphatic heterocycles. The van der Waals surface area contributed by atoms with Crippen LogP contribution in [0.5, 0.6) is 0 Å². The number of carbonyl (C=O) groups excluding carboxylic acids is 1. The first-order valence-corrected chi connectivity index (χ1v) is 15.8. The first-order valence-electron chi connectivity index (χ1n) is 15.8. The van der Waals surface area contributed by atoms with Crippen molar-refractivity contribution in [2.24, 2.45) is 0 Å². The number of rotatable bonds is 9. The second-order valence-electron chi connectivity index (χ2n) is 11.9. The number of fused-ring (bicyclic) bond motifs is 1. The van der Waals surface area contributed by atoms with Crippen molar-refractivity contribution in [1.29, 1.82) is 0 Å². The van der Waals surface area contributed by atoms with E-state index in [1.54, 1.807) is 11.8 Å². The number of ether oxygens (including phenoxy) is 2. The van der Waals surface area contributed by atoms with Crippen LogP contribution >= 0.6 is 0 Å². The number of hydrogen-bond donors (Lipinski definition) is 2. The molecule has 1 aromatic carbocycles. The fourth-order valence-corrected chi connectivity index (χ4v) is 5.94. The first-order chi connectivity index (χ1) is 24.3. The number of carboxylic acid groups (broad SMARTS) is 1. The molecule has 0 bridgehead atoms. The van der Waals surface area contributed by atoms with E-state index in [9.17, 15) is 49.1 Å². The van der Waals surface area contributed by atoms with E-state index in [0.29, 0.717) is 37.0 Å². The van der Waals surface area contributed by atoms with Crippen LogP contribution in [-0.2, 0) is 39.2 Å². The number of aromatic nitrogens is 3. The molecule has 1 fully saturated rings. The van der Waals surface area contributed by atoms with Gasteiger partial charge in [-0.2, -0.15) is 39.5 Å². The van der Waals surface area contributed by atoms with Crippen LogP contribution in [-0.4, -0.2) is 71.1 Å². The molecule has 2 N–H and O–H groups in total. The number of benzene rings is 1. The average molecular weight is 751 g/mol. The minimum absolute atomic E-state index is 0.0114. The van der Waals surface area contributed by atoms with Gasteiger partial charge in [0.2, 0.25) is 5.95 Å². The number of hydrogen-bond acceptors (Lipinski definition) is 9. The van der Waals surface area contributed by atoms with Crippen LogP contribution in [0, 0.1) is 0 Å². The number of amides is 1. The summed E-state index contributed by atoms with van der Waals surface area (Å²) < 4.78 is 134. The Morgan fingerprint density at radius 1 is 0.942 bits per heavy atom. The topological polar surface area (TPSA) is 130 Å². The van der Waals surface area contributed by atoms with E-state index in [2.05, 4.69) is 20.3 Å². The van der Waals surface area contributed by atoms with Crippen molar-refractivity contribution in [1.82, 2.24) is 15.0 Å². The average Bonchev–Trinajstić information content (AvgIpc) is 3.07. The molecule has 20 heteroatoms. The zero-order valence-electron chi connectivity index (χ0n) is 27.2. The molecule has 0 aliphatic carbocycles. The molecular weight excluding hydrogens is 719 g/mol. The molecule has 0 saturated carbocycles. The lowest BCUT2D eigenvalue weighted by molar-refractivity contribution is -0.143. The highest BCUT2D eigenvalue weighted by Crippen LogP contribution is 2.42. The number of alkyl halides is 9. The number of morpholine rings is 1. The second-order valence-corrected chi connectivity index (χ2v) is 11.9. The van der Waals surface area contributed by atoms with Gasteiger partial charge in [0, 0.05) is 25.6 Å². The number of aliphatic carboxylic acids is 1. The lowest BCUT2D eigenvalue weighted by atomic mass is 9.93. The summed E-state index contributed by atoms with van der Waals surface area (Å²) in [6, 6.07) is 1.09. The molecule has 4 heterocycles. The third-order valence-corrected chi connectivity index (χ3v) is 8.38. The largest absolute Gasteiger partial charge is 0.481 e. The van der Waals surface area contributed by atoms with Gasteiger partial charge in [0.25, 0.3) is 0 Å². The van der Waals surface area contributed by atoms with Gasteiger partial charge in [0.05, 0.1) is 65.8 Å². The summed E-state index contributed by atoms with van der Waals surface area (Å²) in [7, 11) is 0. The third kappa shape index (κ3) is 8.94. The first kappa shape index (κ1) is 38.4. The fraction of sp³-hybridized carbons (Fsp3) is 0.469. The Kier molecular flexibility index (Phi) is 11.1. The standard InChI is InChI=1S/C32H31F9N6O5/c1-2-20-15-22(27-23(3-4-25(45-27)32(39,40)41)47(20)29(50)52-8-5-26(48)49)44-28-42-16-24(46-6-9-51-10-7-46)21(43-28)13-17-11-18(30(33,34)35)14-19(12-17)31(36,37)38/h3-4,11-12,14,16,20,22H,2,5-10,13,15H2,1H3,(H,48,49)(H,42,43,44)/t20-,22+/m1/s1. The number of carboxylic acids is 1. The molecule has 0 unspecified atom stereocenters. The molecule has 0 spiro atoms. The highest BCUT2D eigenvalue weighted by Gasteiger charge is 2.41. The van der Waals surface area contributed by atoms with Gasteiger partial charge in [0.15, 0.2) is 0 Å². The van der Waals surface area contributed by atoms with Crippen LogP contribution in [0.25, 0.3) is 0 Å². The van der Waals surface area contributed by atoms with Crippen LogP contribution in [0.2, 0.25) is 0 Å². The minimum atomic E-state index is -5.09. The van der Waals surface area contributed by atoms with Gasteiger partial charge in [-0.1, -0.05) is 6.92 Å². The SMILES string of the molecule is CC[C@@H]1C[C@H](Nc2ncc(N3CCOCC3)c(Cc3cc(C(F)(F)F)cc(C(F)(F)F)c3)n2)c2nc(C(F)(F)F)ccc2N1C(=O)OCCC(=O)O. The third-order valence-electron chi connectivity index (χ3n) is 8.38. The molecule has 282 valence electrons. The predicted molar refractivity (Wildman–Crippen MR) is 165 cm³/mol. The Bertz CT molecular complexity index is 1750. The zero-order chi connectivity index (χ0) is 38.0. The van der Waals surface area contributed by atoms with E-state index in [1.807, 2.05) is 0 Å². The van der Waals surface area contributed by atoms with Gasteiger partial charge in [-0.3, -0.25) is 9.69 Å². The molecule has 2 aliphatic rings. The maximum absolute atomic E-state index is 13.8. The number of anilines is 3.